The molecule has 15 heavy (non-hydrogen) atoms. The van der Waals surface area contributed by atoms with Crippen molar-refractivity contribution >= 4 is 28.6 Å². The van der Waals surface area contributed by atoms with Gasteiger partial charge in [-0.05, 0) is 6.07 Å². The van der Waals surface area contributed by atoms with Gasteiger partial charge in [-0.25, -0.2) is 0 Å². The minimum Gasteiger partial charge on any atom is -0.441 e. The van der Waals surface area contributed by atoms with E-state index in [1.165, 1.54) is 16.9 Å². The summed E-state index contributed by atoms with van der Waals surface area (Å²) in [5, 5.41) is 1.20. The van der Waals surface area contributed by atoms with Crippen molar-refractivity contribution in [3.05, 3.63) is 30.3 Å². The first kappa shape index (κ1) is 9.16. The quantitative estimate of drug-likeness (QED) is 0.733. The van der Waals surface area contributed by atoms with Gasteiger partial charge in [-0.2, -0.15) is 11.8 Å². The van der Waals surface area contributed by atoms with Crippen molar-refractivity contribution < 1.29 is 4.42 Å². The Morgan fingerprint density at radius 3 is 2.73 bits per heavy atom. The van der Waals surface area contributed by atoms with Crippen molar-refractivity contribution in [2.45, 2.75) is 0 Å². The van der Waals surface area contributed by atoms with Crippen LogP contribution >= 0.6 is 11.8 Å². The van der Waals surface area contributed by atoms with Gasteiger partial charge in [0.15, 0.2) is 5.88 Å². The first-order valence-corrected chi connectivity index (χ1v) is 6.40. The van der Waals surface area contributed by atoms with E-state index in [9.17, 15) is 0 Å². The third-order valence-corrected chi connectivity index (χ3v) is 3.68. The topological polar surface area (TPSA) is 16.4 Å². The maximum atomic E-state index is 5.82. The molecule has 1 saturated heterocycles. The van der Waals surface area contributed by atoms with Crippen LogP contribution in [0.1, 0.15) is 0 Å². The van der Waals surface area contributed by atoms with Gasteiger partial charge in [0, 0.05) is 36.0 Å². The number of para-hydroxylation sites is 1. The van der Waals surface area contributed by atoms with Crippen molar-refractivity contribution in [1.82, 2.24) is 0 Å². The molecule has 1 aliphatic heterocycles. The summed E-state index contributed by atoms with van der Waals surface area (Å²) in [6.07, 6.45) is 0. The number of benzene rings is 1. The average Bonchev–Trinajstić information content (AvgIpc) is 2.74. The van der Waals surface area contributed by atoms with Gasteiger partial charge in [0.05, 0.1) is 0 Å². The summed E-state index contributed by atoms with van der Waals surface area (Å²) in [7, 11) is 0. The minimum atomic E-state index is 0.991. The standard InChI is InChI=1S/C12H13NOS/c1-2-4-11-10(3-1)9-12(14-11)13-5-7-15-8-6-13/h1-4,9H,5-8H2. The van der Waals surface area contributed by atoms with E-state index in [4.69, 9.17) is 4.42 Å². The number of thioether (sulfide) groups is 1. The SMILES string of the molecule is c1ccc2oc(N3CCSCC3)cc2c1. The van der Waals surface area contributed by atoms with Crippen LogP contribution in [0.5, 0.6) is 0 Å². The summed E-state index contributed by atoms with van der Waals surface area (Å²) >= 11 is 2.02. The molecule has 2 nitrogen and oxygen atoms in total. The van der Waals surface area contributed by atoms with Crippen molar-refractivity contribution in [3.63, 3.8) is 0 Å². The van der Waals surface area contributed by atoms with Crippen molar-refractivity contribution in [3.8, 4) is 0 Å². The van der Waals surface area contributed by atoms with Gasteiger partial charge in [-0.3, -0.25) is 0 Å². The van der Waals surface area contributed by atoms with E-state index >= 15 is 0 Å². The lowest BCUT2D eigenvalue weighted by atomic mass is 10.2. The largest absolute Gasteiger partial charge is 0.441 e. The van der Waals surface area contributed by atoms with Gasteiger partial charge in [0.1, 0.15) is 5.58 Å². The van der Waals surface area contributed by atoms with Gasteiger partial charge >= 0.3 is 0 Å². The lowest BCUT2D eigenvalue weighted by Gasteiger charge is -2.25. The van der Waals surface area contributed by atoms with Crippen LogP contribution in [-0.2, 0) is 0 Å². The molecule has 3 heteroatoms. The normalized spacial score (nSPS) is 17.2. The van der Waals surface area contributed by atoms with Gasteiger partial charge in [0.2, 0.25) is 0 Å². The zero-order chi connectivity index (χ0) is 10.1. The smallest absolute Gasteiger partial charge is 0.196 e. The molecule has 2 heterocycles. The number of furan rings is 1. The Hall–Kier alpha value is -1.09. The highest BCUT2D eigenvalue weighted by atomic mass is 32.2. The van der Waals surface area contributed by atoms with E-state index in [-0.39, 0.29) is 0 Å². The van der Waals surface area contributed by atoms with E-state index in [0.29, 0.717) is 0 Å². The molecule has 0 N–H and O–H groups in total. The monoisotopic (exact) mass is 219 g/mol. The molecule has 78 valence electrons. The molecule has 1 aliphatic rings. The number of hydrogen-bond donors (Lipinski definition) is 0. The summed E-state index contributed by atoms with van der Waals surface area (Å²) in [6.45, 7) is 2.20. The number of anilines is 1. The fourth-order valence-electron chi connectivity index (χ4n) is 1.91. The highest BCUT2D eigenvalue weighted by Crippen LogP contribution is 2.27. The molecule has 0 atom stereocenters. The first-order chi connectivity index (χ1) is 7.43. The molecule has 0 spiro atoms. The summed E-state index contributed by atoms with van der Waals surface area (Å²) in [6, 6.07) is 10.3. The Morgan fingerprint density at radius 1 is 1.13 bits per heavy atom. The van der Waals surface area contributed by atoms with E-state index in [0.717, 1.165) is 24.6 Å². The molecule has 1 aromatic heterocycles. The van der Waals surface area contributed by atoms with Crippen LogP contribution in [0, 0.1) is 0 Å². The lowest BCUT2D eigenvalue weighted by molar-refractivity contribution is 0.589. The Labute approximate surface area is 93.2 Å². The predicted octanol–water partition coefficient (Wildman–Crippen LogP) is 2.99. The Kier molecular flexibility index (Phi) is 2.33. The number of hydrogen-bond acceptors (Lipinski definition) is 3. The number of rotatable bonds is 1. The second kappa shape index (κ2) is 3.81. The van der Waals surface area contributed by atoms with Crippen molar-refractivity contribution in [1.29, 1.82) is 0 Å². The molecule has 1 aromatic carbocycles. The summed E-state index contributed by atoms with van der Waals surface area (Å²) < 4.78 is 5.82. The maximum absolute atomic E-state index is 5.82. The van der Waals surface area contributed by atoms with Crippen LogP contribution in [-0.4, -0.2) is 24.6 Å². The third-order valence-electron chi connectivity index (χ3n) is 2.74. The van der Waals surface area contributed by atoms with Gasteiger partial charge in [0.25, 0.3) is 0 Å². The first-order valence-electron chi connectivity index (χ1n) is 5.25. The average molecular weight is 219 g/mol. The fourth-order valence-corrected chi connectivity index (χ4v) is 2.81. The molecule has 0 radical (unpaired) electrons. The molecule has 3 rings (SSSR count). The van der Waals surface area contributed by atoms with E-state index in [1.807, 2.05) is 30.0 Å². The molecule has 2 aromatic rings. The fraction of sp³-hybridized carbons (Fsp3) is 0.333. The highest BCUT2D eigenvalue weighted by Gasteiger charge is 2.14. The van der Waals surface area contributed by atoms with Crippen LogP contribution in [0.4, 0.5) is 5.88 Å². The Bertz CT molecular complexity index is 426. The van der Waals surface area contributed by atoms with Crippen LogP contribution < -0.4 is 4.90 Å². The summed E-state index contributed by atoms with van der Waals surface area (Å²) in [5.41, 5.74) is 0.991. The molecule has 0 unspecified atom stereocenters. The number of nitrogens with zero attached hydrogens (tertiary/aromatic N) is 1. The second-order valence-electron chi connectivity index (χ2n) is 3.72. The van der Waals surface area contributed by atoms with Crippen molar-refractivity contribution in [2.75, 3.05) is 29.5 Å². The van der Waals surface area contributed by atoms with Gasteiger partial charge in [-0.1, -0.05) is 18.2 Å². The van der Waals surface area contributed by atoms with Crippen LogP contribution in [0.3, 0.4) is 0 Å². The minimum absolute atomic E-state index is 0.991. The lowest BCUT2D eigenvalue weighted by Crippen LogP contribution is -2.31. The zero-order valence-corrected chi connectivity index (χ0v) is 9.30. The molecular formula is C12H13NOS. The predicted molar refractivity (Wildman–Crippen MR) is 65.8 cm³/mol. The Balaban J connectivity index is 1.96. The summed E-state index contributed by atoms with van der Waals surface area (Å²) in [5.74, 6) is 3.44. The third kappa shape index (κ3) is 1.72. The molecule has 0 saturated carbocycles. The van der Waals surface area contributed by atoms with Crippen LogP contribution in [0.2, 0.25) is 0 Å². The molecule has 0 amide bonds. The van der Waals surface area contributed by atoms with E-state index in [2.05, 4.69) is 17.0 Å². The van der Waals surface area contributed by atoms with E-state index in [1.54, 1.807) is 0 Å². The van der Waals surface area contributed by atoms with Crippen LogP contribution in [0.25, 0.3) is 11.0 Å². The van der Waals surface area contributed by atoms with Gasteiger partial charge < -0.3 is 9.32 Å². The highest BCUT2D eigenvalue weighted by molar-refractivity contribution is 7.99. The molecular weight excluding hydrogens is 206 g/mol. The second-order valence-corrected chi connectivity index (χ2v) is 4.95. The van der Waals surface area contributed by atoms with Crippen LogP contribution in [0.15, 0.2) is 34.7 Å². The van der Waals surface area contributed by atoms with Gasteiger partial charge in [-0.15, -0.1) is 0 Å². The molecule has 0 bridgehead atoms. The molecule has 0 aliphatic carbocycles. The zero-order valence-electron chi connectivity index (χ0n) is 8.48. The Morgan fingerprint density at radius 2 is 1.93 bits per heavy atom. The number of fused-ring (bicyclic) bond motifs is 1. The van der Waals surface area contributed by atoms with E-state index < -0.39 is 0 Å². The maximum Gasteiger partial charge on any atom is 0.196 e. The molecule has 1 fully saturated rings. The summed E-state index contributed by atoms with van der Waals surface area (Å²) in [4.78, 5) is 2.33. The van der Waals surface area contributed by atoms with Crippen molar-refractivity contribution in [2.24, 2.45) is 0 Å².